The van der Waals surface area contributed by atoms with Crippen molar-refractivity contribution in [2.45, 2.75) is 12.8 Å². The Hall–Kier alpha value is -2.06. The number of phenols is 1. The van der Waals surface area contributed by atoms with E-state index in [4.69, 9.17) is 4.74 Å². The number of amides is 1. The van der Waals surface area contributed by atoms with Crippen LogP contribution in [-0.2, 0) is 4.79 Å². The third-order valence-electron chi connectivity index (χ3n) is 3.45. The molecule has 0 spiro atoms. The van der Waals surface area contributed by atoms with Crippen LogP contribution in [0, 0.1) is 0 Å². The average molecular weight is 485 g/mol. The number of hydrogen-bond donors (Lipinski definition) is 3. The molecular weight excluding hydrogens is 466 g/mol. The highest BCUT2D eigenvalue weighted by atomic mass is 79.9. The van der Waals surface area contributed by atoms with Crippen LogP contribution in [0.25, 0.3) is 0 Å². The second kappa shape index (κ2) is 10.2. The number of anilines is 1. The number of aromatic hydroxyl groups is 1. The molecule has 2 aromatic carbocycles. The first-order valence-electron chi connectivity index (χ1n) is 7.87. The molecule has 3 N–H and O–H groups in total. The third-order valence-corrected chi connectivity index (χ3v) is 4.51. The maximum absolute atomic E-state index is 11.8. The molecule has 0 unspecified atom stereocenters. The Kier molecular flexibility index (Phi) is 7.93. The van der Waals surface area contributed by atoms with E-state index in [2.05, 4.69) is 47.7 Å². The summed E-state index contributed by atoms with van der Waals surface area (Å²) in [6.45, 7) is 0.669. The van der Waals surface area contributed by atoms with Gasteiger partial charge in [-0.15, -0.1) is 0 Å². The summed E-state index contributed by atoms with van der Waals surface area (Å²) in [6.07, 6.45) is 2.41. The summed E-state index contributed by atoms with van der Waals surface area (Å²) in [7, 11) is 1.63. The van der Waals surface area contributed by atoms with E-state index in [9.17, 15) is 9.90 Å². The number of nitrogens with zero attached hydrogens (tertiary/aromatic N) is 1. The number of hydrogen-bond acceptors (Lipinski definition) is 5. The molecule has 26 heavy (non-hydrogen) atoms. The summed E-state index contributed by atoms with van der Waals surface area (Å²) in [4.78, 5) is 11.8. The molecule has 0 heterocycles. The van der Waals surface area contributed by atoms with Crippen molar-refractivity contribution in [3.63, 3.8) is 0 Å². The minimum Gasteiger partial charge on any atom is -0.506 e. The van der Waals surface area contributed by atoms with E-state index in [1.807, 2.05) is 24.3 Å². The smallest absolute Gasteiger partial charge is 0.240 e. The van der Waals surface area contributed by atoms with Crippen LogP contribution in [0.4, 0.5) is 5.69 Å². The Morgan fingerprint density at radius 1 is 1.27 bits per heavy atom. The van der Waals surface area contributed by atoms with Crippen LogP contribution in [0.15, 0.2) is 50.4 Å². The highest BCUT2D eigenvalue weighted by Crippen LogP contribution is 2.30. The first kappa shape index (κ1) is 20.3. The molecule has 2 rings (SSSR count). The summed E-state index contributed by atoms with van der Waals surface area (Å²) in [5.41, 5.74) is 3.92. The Morgan fingerprint density at radius 2 is 2.00 bits per heavy atom. The van der Waals surface area contributed by atoms with Crippen LogP contribution >= 0.6 is 31.9 Å². The van der Waals surface area contributed by atoms with E-state index in [1.165, 1.54) is 6.21 Å². The number of halogens is 2. The van der Waals surface area contributed by atoms with E-state index in [0.29, 0.717) is 29.4 Å². The van der Waals surface area contributed by atoms with Crippen molar-refractivity contribution in [2.24, 2.45) is 5.10 Å². The van der Waals surface area contributed by atoms with Gasteiger partial charge in [0.2, 0.25) is 5.91 Å². The van der Waals surface area contributed by atoms with Crippen LogP contribution in [0.1, 0.15) is 18.4 Å². The van der Waals surface area contributed by atoms with Gasteiger partial charge in [-0.1, -0.05) is 15.9 Å². The number of hydrazone groups is 1. The number of benzene rings is 2. The van der Waals surface area contributed by atoms with Crippen molar-refractivity contribution < 1.29 is 14.6 Å². The molecule has 0 aliphatic heterocycles. The Bertz CT molecular complexity index is 780. The molecule has 0 saturated carbocycles. The molecule has 2 aromatic rings. The molecule has 0 saturated heterocycles. The number of carbonyl (C=O) groups excluding carboxylic acids is 1. The summed E-state index contributed by atoms with van der Waals surface area (Å²) in [5, 5.41) is 17.0. The lowest BCUT2D eigenvalue weighted by Gasteiger charge is -2.07. The molecule has 138 valence electrons. The standard InChI is InChI=1S/C18H19Br2N3O3/c1-26-15-6-4-14(5-7-15)21-8-2-3-17(24)23-22-11-12-9-13(19)10-16(20)18(12)25/h4-7,9-11,21,25H,2-3,8H2,1H3,(H,23,24)/b22-11+. The van der Waals surface area contributed by atoms with Gasteiger partial charge in [0.05, 0.1) is 17.8 Å². The van der Waals surface area contributed by atoms with Gasteiger partial charge in [-0.25, -0.2) is 5.43 Å². The zero-order chi connectivity index (χ0) is 18.9. The third kappa shape index (κ3) is 6.34. The second-order valence-electron chi connectivity index (χ2n) is 5.38. The normalized spacial score (nSPS) is 10.7. The molecular formula is C18H19Br2N3O3. The first-order chi connectivity index (χ1) is 12.5. The number of carbonyl (C=O) groups is 1. The van der Waals surface area contributed by atoms with Gasteiger partial charge in [-0.2, -0.15) is 5.10 Å². The summed E-state index contributed by atoms with van der Waals surface area (Å²) in [5.74, 6) is 0.678. The Morgan fingerprint density at radius 3 is 2.69 bits per heavy atom. The Balaban J connectivity index is 1.72. The molecule has 1 amide bonds. The number of phenolic OH excluding ortho intramolecular Hbond substituents is 1. The van der Waals surface area contributed by atoms with E-state index >= 15 is 0 Å². The van der Waals surface area contributed by atoms with Crippen molar-refractivity contribution in [1.82, 2.24) is 5.43 Å². The molecule has 6 nitrogen and oxygen atoms in total. The van der Waals surface area contributed by atoms with Crippen LogP contribution in [-0.4, -0.2) is 30.9 Å². The molecule has 0 atom stereocenters. The average Bonchev–Trinajstić information content (AvgIpc) is 2.63. The molecule has 0 radical (unpaired) electrons. The SMILES string of the molecule is COc1ccc(NCCCC(=O)N/N=C/c2cc(Br)cc(Br)c2O)cc1. The second-order valence-corrected chi connectivity index (χ2v) is 7.15. The molecule has 0 aliphatic carbocycles. The van der Waals surface area contributed by atoms with Gasteiger partial charge >= 0.3 is 0 Å². The van der Waals surface area contributed by atoms with E-state index in [-0.39, 0.29) is 11.7 Å². The lowest BCUT2D eigenvalue weighted by Crippen LogP contribution is -2.18. The van der Waals surface area contributed by atoms with Crippen LogP contribution in [0.5, 0.6) is 11.5 Å². The van der Waals surface area contributed by atoms with Gasteiger partial charge in [0.15, 0.2) is 0 Å². The lowest BCUT2D eigenvalue weighted by molar-refractivity contribution is -0.121. The zero-order valence-corrected chi connectivity index (χ0v) is 17.3. The van der Waals surface area contributed by atoms with Crippen molar-refractivity contribution in [1.29, 1.82) is 0 Å². The Labute approximate surface area is 168 Å². The van der Waals surface area contributed by atoms with Crippen LogP contribution in [0.2, 0.25) is 0 Å². The predicted molar refractivity (Wildman–Crippen MR) is 110 cm³/mol. The van der Waals surface area contributed by atoms with Crippen molar-refractivity contribution >= 4 is 49.7 Å². The highest BCUT2D eigenvalue weighted by molar-refractivity contribution is 9.11. The maximum atomic E-state index is 11.8. The van der Waals surface area contributed by atoms with E-state index in [1.54, 1.807) is 19.2 Å². The van der Waals surface area contributed by atoms with Crippen LogP contribution in [0.3, 0.4) is 0 Å². The minimum atomic E-state index is -0.189. The van der Waals surface area contributed by atoms with Crippen molar-refractivity contribution in [2.75, 3.05) is 19.0 Å². The minimum absolute atomic E-state index is 0.0647. The van der Waals surface area contributed by atoms with E-state index in [0.717, 1.165) is 15.9 Å². The lowest BCUT2D eigenvalue weighted by atomic mass is 10.2. The highest BCUT2D eigenvalue weighted by Gasteiger charge is 2.05. The quantitative estimate of drug-likeness (QED) is 0.297. The zero-order valence-electron chi connectivity index (χ0n) is 14.1. The predicted octanol–water partition coefficient (Wildman–Crippen LogP) is 4.27. The van der Waals surface area contributed by atoms with Crippen LogP contribution < -0.4 is 15.5 Å². The fourth-order valence-electron chi connectivity index (χ4n) is 2.10. The number of nitrogens with one attached hydrogen (secondary N) is 2. The fraction of sp³-hybridized carbons (Fsp3) is 0.222. The van der Waals surface area contributed by atoms with Crippen molar-refractivity contribution in [3.05, 3.63) is 50.9 Å². The van der Waals surface area contributed by atoms with Gasteiger partial charge < -0.3 is 15.2 Å². The maximum Gasteiger partial charge on any atom is 0.240 e. The van der Waals surface area contributed by atoms with Gasteiger partial charge in [0, 0.05) is 28.7 Å². The molecule has 0 aromatic heterocycles. The molecule has 0 bridgehead atoms. The van der Waals surface area contributed by atoms with E-state index < -0.39 is 0 Å². The molecule has 0 fully saturated rings. The largest absolute Gasteiger partial charge is 0.506 e. The number of methoxy groups -OCH3 is 1. The summed E-state index contributed by atoms with van der Waals surface area (Å²) < 4.78 is 6.44. The molecule has 8 heteroatoms. The monoisotopic (exact) mass is 483 g/mol. The first-order valence-corrected chi connectivity index (χ1v) is 9.46. The number of rotatable bonds is 8. The fourth-order valence-corrected chi connectivity index (χ4v) is 3.36. The topological polar surface area (TPSA) is 83.0 Å². The molecule has 0 aliphatic rings. The van der Waals surface area contributed by atoms with Gasteiger partial charge in [0.25, 0.3) is 0 Å². The van der Waals surface area contributed by atoms with Gasteiger partial charge in [-0.3, -0.25) is 4.79 Å². The summed E-state index contributed by atoms with van der Waals surface area (Å²) in [6, 6.07) is 11.0. The van der Waals surface area contributed by atoms with Crippen molar-refractivity contribution in [3.8, 4) is 11.5 Å². The van der Waals surface area contributed by atoms with Gasteiger partial charge in [-0.05, 0) is 58.7 Å². The summed E-state index contributed by atoms with van der Waals surface area (Å²) >= 11 is 6.58. The van der Waals surface area contributed by atoms with Gasteiger partial charge in [0.1, 0.15) is 11.5 Å². The number of ether oxygens (including phenoxy) is 1.